The highest BCUT2D eigenvalue weighted by molar-refractivity contribution is 5.88. The highest BCUT2D eigenvalue weighted by Crippen LogP contribution is 2.38. The second-order valence-corrected chi connectivity index (χ2v) is 4.80. The third-order valence-electron chi connectivity index (χ3n) is 2.97. The zero-order valence-electron chi connectivity index (χ0n) is 9.45. The van der Waals surface area contributed by atoms with Crippen LogP contribution < -0.4 is 5.32 Å². The summed E-state index contributed by atoms with van der Waals surface area (Å²) in [7, 11) is 0. The Hall–Kier alpha value is -0.830. The molecule has 0 bridgehead atoms. The van der Waals surface area contributed by atoms with Crippen LogP contribution in [0.25, 0.3) is 0 Å². The smallest absolute Gasteiger partial charge is 0.244 e. The van der Waals surface area contributed by atoms with Gasteiger partial charge in [0.2, 0.25) is 5.91 Å². The first kappa shape index (κ1) is 10.7. The molecule has 2 atom stereocenters. The summed E-state index contributed by atoms with van der Waals surface area (Å²) in [5, 5.41) is 3.04. The number of carbonyl (C=O) groups is 1. The van der Waals surface area contributed by atoms with Gasteiger partial charge in [-0.15, -0.1) is 0 Å². The molecule has 0 aromatic rings. The van der Waals surface area contributed by atoms with Crippen LogP contribution >= 0.6 is 0 Å². The number of hydrogen-bond acceptors (Lipinski definition) is 2. The molecule has 1 aliphatic carbocycles. The molecule has 1 saturated carbocycles. The summed E-state index contributed by atoms with van der Waals surface area (Å²) in [5.41, 5.74) is 1.04. The number of rotatable bonds is 3. The van der Waals surface area contributed by atoms with Gasteiger partial charge in [-0.25, -0.2) is 0 Å². The standard InChI is InChI=1S/C12H19NO2/c1-8(2)7-11(14)13-10-5-6-15-12(10)9-3-4-9/h7,9-10,12H,3-6H2,1-2H3,(H,13,14). The van der Waals surface area contributed by atoms with Crippen LogP contribution in [0.2, 0.25) is 0 Å². The SMILES string of the molecule is CC(C)=CC(=O)NC1CCOC1C1CC1. The van der Waals surface area contributed by atoms with Crippen molar-refractivity contribution in [3.63, 3.8) is 0 Å². The third kappa shape index (κ3) is 2.81. The molecule has 2 unspecified atom stereocenters. The summed E-state index contributed by atoms with van der Waals surface area (Å²) in [4.78, 5) is 11.6. The van der Waals surface area contributed by atoms with Gasteiger partial charge in [0.1, 0.15) is 0 Å². The zero-order valence-corrected chi connectivity index (χ0v) is 9.45. The fourth-order valence-electron chi connectivity index (χ4n) is 2.14. The lowest BCUT2D eigenvalue weighted by Crippen LogP contribution is -2.40. The normalized spacial score (nSPS) is 30.0. The largest absolute Gasteiger partial charge is 0.376 e. The van der Waals surface area contributed by atoms with Crippen molar-refractivity contribution < 1.29 is 9.53 Å². The Labute approximate surface area is 90.9 Å². The summed E-state index contributed by atoms with van der Waals surface area (Å²) < 4.78 is 5.66. The van der Waals surface area contributed by atoms with Gasteiger partial charge in [-0.1, -0.05) is 5.57 Å². The highest BCUT2D eigenvalue weighted by Gasteiger charge is 2.40. The van der Waals surface area contributed by atoms with Gasteiger partial charge in [-0.05, 0) is 39.0 Å². The number of hydrogen-bond donors (Lipinski definition) is 1. The van der Waals surface area contributed by atoms with Gasteiger partial charge in [0.15, 0.2) is 0 Å². The molecule has 3 nitrogen and oxygen atoms in total. The Morgan fingerprint density at radius 1 is 1.33 bits per heavy atom. The zero-order chi connectivity index (χ0) is 10.8. The molecule has 15 heavy (non-hydrogen) atoms. The van der Waals surface area contributed by atoms with Gasteiger partial charge in [0.25, 0.3) is 0 Å². The van der Waals surface area contributed by atoms with E-state index in [1.165, 1.54) is 12.8 Å². The van der Waals surface area contributed by atoms with Gasteiger partial charge >= 0.3 is 0 Å². The quantitative estimate of drug-likeness (QED) is 0.717. The molecular weight excluding hydrogens is 190 g/mol. The third-order valence-corrected chi connectivity index (χ3v) is 2.97. The first-order chi connectivity index (χ1) is 7.16. The molecule has 3 heteroatoms. The Kier molecular flexibility index (Phi) is 3.10. The average molecular weight is 209 g/mol. The molecule has 0 aromatic carbocycles. The van der Waals surface area contributed by atoms with Crippen LogP contribution in [0.3, 0.4) is 0 Å². The van der Waals surface area contributed by atoms with Crippen LogP contribution in [0.4, 0.5) is 0 Å². The lowest BCUT2D eigenvalue weighted by atomic mass is 10.1. The fraction of sp³-hybridized carbons (Fsp3) is 0.750. The second-order valence-electron chi connectivity index (χ2n) is 4.80. The monoisotopic (exact) mass is 209 g/mol. The van der Waals surface area contributed by atoms with E-state index in [1.54, 1.807) is 6.08 Å². The summed E-state index contributed by atoms with van der Waals surface area (Å²) in [5.74, 6) is 0.723. The Bertz CT molecular complexity index is 277. The van der Waals surface area contributed by atoms with E-state index in [0.29, 0.717) is 5.92 Å². The predicted molar refractivity (Wildman–Crippen MR) is 58.4 cm³/mol. The average Bonchev–Trinajstić information content (AvgIpc) is 2.87. The van der Waals surface area contributed by atoms with E-state index in [9.17, 15) is 4.79 Å². The fourth-order valence-corrected chi connectivity index (χ4v) is 2.14. The number of carbonyl (C=O) groups excluding carboxylic acids is 1. The Morgan fingerprint density at radius 3 is 2.67 bits per heavy atom. The first-order valence-corrected chi connectivity index (χ1v) is 5.74. The summed E-state index contributed by atoms with van der Waals surface area (Å²) in [6.07, 6.45) is 5.42. The summed E-state index contributed by atoms with van der Waals surface area (Å²) >= 11 is 0. The Morgan fingerprint density at radius 2 is 2.07 bits per heavy atom. The maximum absolute atomic E-state index is 11.6. The van der Waals surface area contributed by atoms with Gasteiger partial charge in [-0.3, -0.25) is 4.79 Å². The second kappa shape index (κ2) is 4.35. The van der Waals surface area contributed by atoms with Crippen LogP contribution in [0.5, 0.6) is 0 Å². The number of allylic oxidation sites excluding steroid dienone is 1. The molecule has 2 rings (SSSR count). The number of amides is 1. The molecule has 2 fully saturated rings. The van der Waals surface area contributed by atoms with Crippen LogP contribution in [0.15, 0.2) is 11.6 Å². The molecule has 2 aliphatic rings. The van der Waals surface area contributed by atoms with Crippen molar-refractivity contribution in [3.8, 4) is 0 Å². The Balaban J connectivity index is 1.87. The van der Waals surface area contributed by atoms with Crippen molar-refractivity contribution in [2.75, 3.05) is 6.61 Å². The molecule has 1 amide bonds. The van der Waals surface area contributed by atoms with Gasteiger partial charge in [0, 0.05) is 12.7 Å². The maximum atomic E-state index is 11.6. The van der Waals surface area contributed by atoms with E-state index < -0.39 is 0 Å². The van der Waals surface area contributed by atoms with Gasteiger partial charge in [0.05, 0.1) is 12.1 Å². The van der Waals surface area contributed by atoms with Crippen molar-refractivity contribution in [2.24, 2.45) is 5.92 Å². The van der Waals surface area contributed by atoms with Crippen molar-refractivity contribution in [3.05, 3.63) is 11.6 Å². The van der Waals surface area contributed by atoms with Crippen LogP contribution in [-0.2, 0) is 9.53 Å². The molecule has 0 spiro atoms. The lowest BCUT2D eigenvalue weighted by Gasteiger charge is -2.18. The van der Waals surface area contributed by atoms with E-state index in [1.807, 2.05) is 13.8 Å². The van der Waals surface area contributed by atoms with E-state index in [4.69, 9.17) is 4.74 Å². The van der Waals surface area contributed by atoms with Crippen molar-refractivity contribution in [1.82, 2.24) is 5.32 Å². The predicted octanol–water partition coefficient (Wildman–Crippen LogP) is 1.64. The van der Waals surface area contributed by atoms with E-state index >= 15 is 0 Å². The van der Waals surface area contributed by atoms with Crippen LogP contribution in [0, 0.1) is 5.92 Å². The molecule has 84 valence electrons. The number of ether oxygens (including phenoxy) is 1. The van der Waals surface area contributed by atoms with Crippen molar-refractivity contribution >= 4 is 5.91 Å². The highest BCUT2D eigenvalue weighted by atomic mass is 16.5. The van der Waals surface area contributed by atoms with E-state index in [0.717, 1.165) is 18.6 Å². The molecule has 0 aromatic heterocycles. The molecule has 1 aliphatic heterocycles. The van der Waals surface area contributed by atoms with Gasteiger partial charge in [-0.2, -0.15) is 0 Å². The molecular formula is C12H19NO2. The maximum Gasteiger partial charge on any atom is 0.244 e. The lowest BCUT2D eigenvalue weighted by molar-refractivity contribution is -0.117. The molecule has 1 heterocycles. The van der Waals surface area contributed by atoms with Crippen LogP contribution in [0.1, 0.15) is 33.1 Å². The van der Waals surface area contributed by atoms with Crippen molar-refractivity contribution in [2.45, 2.75) is 45.3 Å². The molecule has 0 radical (unpaired) electrons. The topological polar surface area (TPSA) is 38.3 Å². The minimum atomic E-state index is 0.0242. The minimum absolute atomic E-state index is 0.0242. The summed E-state index contributed by atoms with van der Waals surface area (Å²) in [6.45, 7) is 4.66. The molecule has 1 N–H and O–H groups in total. The summed E-state index contributed by atoms with van der Waals surface area (Å²) in [6, 6.07) is 0.237. The minimum Gasteiger partial charge on any atom is -0.376 e. The van der Waals surface area contributed by atoms with Gasteiger partial charge < -0.3 is 10.1 Å². The van der Waals surface area contributed by atoms with Crippen molar-refractivity contribution in [1.29, 1.82) is 0 Å². The van der Waals surface area contributed by atoms with E-state index in [-0.39, 0.29) is 18.1 Å². The number of nitrogens with one attached hydrogen (secondary N) is 1. The molecule has 1 saturated heterocycles. The first-order valence-electron chi connectivity index (χ1n) is 5.74. The van der Waals surface area contributed by atoms with Crippen LogP contribution in [-0.4, -0.2) is 24.7 Å². The van der Waals surface area contributed by atoms with E-state index in [2.05, 4.69) is 5.32 Å².